The summed E-state index contributed by atoms with van der Waals surface area (Å²) in [6, 6.07) is 20.1. The molecule has 0 bridgehead atoms. The van der Waals surface area contributed by atoms with Gasteiger partial charge in [0.05, 0.1) is 24.4 Å². The number of aromatic amines is 1. The average Bonchev–Trinajstić information content (AvgIpc) is 3.71. The lowest BCUT2D eigenvalue weighted by molar-refractivity contribution is 0.176. The number of benzene rings is 2. The highest BCUT2D eigenvalue weighted by Gasteiger charge is 2.34. The molecule has 0 radical (unpaired) electrons. The zero-order valence-electron chi connectivity index (χ0n) is 21.8. The number of H-pyrrole nitrogens is 1. The van der Waals surface area contributed by atoms with Crippen LogP contribution in [0.4, 0.5) is 0 Å². The number of aromatic nitrogens is 5. The molecule has 1 aliphatic rings. The third-order valence-corrected chi connectivity index (χ3v) is 7.73. The predicted octanol–water partition coefficient (Wildman–Crippen LogP) is 5.63. The highest BCUT2D eigenvalue weighted by molar-refractivity contribution is 5.85. The van der Waals surface area contributed by atoms with Crippen molar-refractivity contribution in [3.8, 4) is 0 Å². The minimum atomic E-state index is -0.482. The molecule has 8 heteroatoms. The van der Waals surface area contributed by atoms with E-state index in [0.29, 0.717) is 24.5 Å². The van der Waals surface area contributed by atoms with E-state index in [9.17, 15) is 4.79 Å². The van der Waals surface area contributed by atoms with Crippen LogP contribution in [0.5, 0.6) is 0 Å². The first-order chi connectivity index (χ1) is 18.6. The van der Waals surface area contributed by atoms with Crippen LogP contribution in [0, 0.1) is 13.8 Å². The summed E-state index contributed by atoms with van der Waals surface area (Å²) < 4.78 is 7.75. The van der Waals surface area contributed by atoms with Gasteiger partial charge in [0.15, 0.2) is 5.82 Å². The average molecular weight is 509 g/mol. The monoisotopic (exact) mass is 508 g/mol. The summed E-state index contributed by atoms with van der Waals surface area (Å²) in [7, 11) is 0. The molecule has 1 unspecified atom stereocenters. The maximum absolute atomic E-state index is 13.8. The maximum atomic E-state index is 13.8. The number of pyridine rings is 1. The van der Waals surface area contributed by atoms with E-state index in [-0.39, 0.29) is 11.6 Å². The molecule has 38 heavy (non-hydrogen) atoms. The first kappa shape index (κ1) is 24.3. The van der Waals surface area contributed by atoms with Gasteiger partial charge in [-0.3, -0.25) is 9.69 Å². The Labute approximate surface area is 221 Å². The van der Waals surface area contributed by atoms with Crippen molar-refractivity contribution in [1.29, 1.82) is 0 Å². The summed E-state index contributed by atoms with van der Waals surface area (Å²) in [4.78, 5) is 19.3. The minimum absolute atomic E-state index is 0.130. The second-order valence-corrected chi connectivity index (χ2v) is 10.3. The lowest BCUT2D eigenvalue weighted by atomic mass is 9.98. The molecule has 0 spiro atoms. The Morgan fingerprint density at radius 3 is 2.58 bits per heavy atom. The number of rotatable bonds is 8. The largest absolute Gasteiger partial charge is 0.468 e. The molecule has 1 aliphatic carbocycles. The number of furan rings is 1. The zero-order valence-corrected chi connectivity index (χ0v) is 21.8. The second kappa shape index (κ2) is 10.4. The number of fused-ring (bicyclic) bond motifs is 1. The molecule has 0 saturated heterocycles. The van der Waals surface area contributed by atoms with Crippen LogP contribution in [-0.2, 0) is 13.1 Å². The molecule has 1 saturated carbocycles. The molecule has 6 rings (SSSR count). The molecule has 8 nitrogen and oxygen atoms in total. The molecular weight excluding hydrogens is 476 g/mol. The van der Waals surface area contributed by atoms with Crippen molar-refractivity contribution in [3.63, 3.8) is 0 Å². The van der Waals surface area contributed by atoms with Crippen LogP contribution in [0.15, 0.2) is 76.1 Å². The van der Waals surface area contributed by atoms with E-state index in [2.05, 4.69) is 50.5 Å². The van der Waals surface area contributed by atoms with Gasteiger partial charge in [-0.05, 0) is 72.0 Å². The topological polar surface area (TPSA) is 92.8 Å². The van der Waals surface area contributed by atoms with E-state index in [1.54, 1.807) is 6.26 Å². The highest BCUT2D eigenvalue weighted by atomic mass is 16.3. The molecule has 0 amide bonds. The van der Waals surface area contributed by atoms with E-state index in [4.69, 9.17) is 4.42 Å². The maximum Gasteiger partial charge on any atom is 0.253 e. The Morgan fingerprint density at radius 2 is 1.82 bits per heavy atom. The van der Waals surface area contributed by atoms with Gasteiger partial charge in [-0.25, -0.2) is 4.68 Å². The normalized spacial score (nSPS) is 15.0. The van der Waals surface area contributed by atoms with E-state index < -0.39 is 6.04 Å². The Morgan fingerprint density at radius 1 is 1.03 bits per heavy atom. The number of nitrogens with zero attached hydrogens (tertiary/aromatic N) is 5. The molecule has 1 fully saturated rings. The van der Waals surface area contributed by atoms with Gasteiger partial charge in [0, 0.05) is 17.5 Å². The van der Waals surface area contributed by atoms with Crippen molar-refractivity contribution in [2.24, 2.45) is 0 Å². The van der Waals surface area contributed by atoms with Crippen molar-refractivity contribution in [3.05, 3.63) is 111 Å². The second-order valence-electron chi connectivity index (χ2n) is 10.3. The van der Waals surface area contributed by atoms with Crippen LogP contribution < -0.4 is 5.56 Å². The molecule has 1 atom stereocenters. The SMILES string of the molecule is Cc1ccc(C)c2[nH]c(=O)c(C(c3nnnn3C3CCCC3)N(Cc3ccccc3)Cc3ccco3)cc12. The minimum Gasteiger partial charge on any atom is -0.468 e. The molecule has 3 aromatic heterocycles. The van der Waals surface area contributed by atoms with Crippen LogP contribution in [0.1, 0.15) is 71.6 Å². The quantitative estimate of drug-likeness (QED) is 0.292. The number of hydrogen-bond donors (Lipinski definition) is 1. The highest BCUT2D eigenvalue weighted by Crippen LogP contribution is 2.35. The lowest BCUT2D eigenvalue weighted by Gasteiger charge is -2.31. The zero-order chi connectivity index (χ0) is 26.1. The third kappa shape index (κ3) is 4.67. The summed E-state index contributed by atoms with van der Waals surface area (Å²) in [5, 5.41) is 14.2. The van der Waals surface area contributed by atoms with Crippen molar-refractivity contribution < 1.29 is 4.42 Å². The van der Waals surface area contributed by atoms with Crippen molar-refractivity contribution in [1.82, 2.24) is 30.1 Å². The smallest absolute Gasteiger partial charge is 0.253 e. The molecule has 5 aromatic rings. The Bertz CT molecular complexity index is 1580. The van der Waals surface area contributed by atoms with Gasteiger partial charge in [-0.2, -0.15) is 0 Å². The Kier molecular flexibility index (Phi) is 6.64. The predicted molar refractivity (Wildman–Crippen MR) is 146 cm³/mol. The van der Waals surface area contributed by atoms with Gasteiger partial charge >= 0.3 is 0 Å². The summed E-state index contributed by atoms with van der Waals surface area (Å²) in [5.74, 6) is 1.50. The first-order valence-electron chi connectivity index (χ1n) is 13.3. The first-order valence-corrected chi connectivity index (χ1v) is 13.3. The fourth-order valence-electron chi connectivity index (χ4n) is 5.74. The molecular formula is C30H32N6O2. The van der Waals surface area contributed by atoms with Gasteiger partial charge in [0.25, 0.3) is 5.56 Å². The summed E-state index contributed by atoms with van der Waals surface area (Å²) >= 11 is 0. The summed E-state index contributed by atoms with van der Waals surface area (Å²) in [6.45, 7) is 5.18. The van der Waals surface area contributed by atoms with Gasteiger partial charge in [-0.1, -0.05) is 55.3 Å². The number of tetrazole rings is 1. The Hall–Kier alpha value is -4.04. The Balaban J connectivity index is 1.56. The van der Waals surface area contributed by atoms with Gasteiger partial charge in [0.1, 0.15) is 11.8 Å². The standard InChI is InChI=1S/C30H32N6O2/c1-20-14-15-21(2)27-25(20)17-26(30(37)31-27)28(29-32-33-34-36(29)23-11-6-7-12-23)35(19-24-13-8-16-38-24)18-22-9-4-3-5-10-22/h3-5,8-10,13-17,23,28H,6-7,11-12,18-19H2,1-2H3,(H,31,37). The number of hydrogen-bond acceptors (Lipinski definition) is 6. The molecule has 1 N–H and O–H groups in total. The van der Waals surface area contributed by atoms with E-state index in [0.717, 1.165) is 59.0 Å². The molecule has 194 valence electrons. The molecule has 2 aromatic carbocycles. The fraction of sp³-hybridized carbons (Fsp3) is 0.333. The van der Waals surface area contributed by atoms with E-state index in [1.807, 2.05) is 54.1 Å². The number of nitrogens with one attached hydrogen (secondary N) is 1. The van der Waals surface area contributed by atoms with Gasteiger partial charge in [0.2, 0.25) is 0 Å². The van der Waals surface area contributed by atoms with Crippen LogP contribution in [0.3, 0.4) is 0 Å². The fourth-order valence-corrected chi connectivity index (χ4v) is 5.74. The summed E-state index contributed by atoms with van der Waals surface area (Å²) in [5.41, 5.74) is 4.65. The molecule has 3 heterocycles. The van der Waals surface area contributed by atoms with E-state index in [1.165, 1.54) is 0 Å². The van der Waals surface area contributed by atoms with Crippen LogP contribution in [-0.4, -0.2) is 30.1 Å². The number of aryl methyl sites for hydroxylation is 2. The van der Waals surface area contributed by atoms with Crippen molar-refractivity contribution in [2.75, 3.05) is 0 Å². The molecule has 0 aliphatic heterocycles. The van der Waals surface area contributed by atoms with E-state index >= 15 is 0 Å². The van der Waals surface area contributed by atoms with Gasteiger partial charge in [-0.15, -0.1) is 5.10 Å². The van der Waals surface area contributed by atoms with Crippen LogP contribution >= 0.6 is 0 Å². The lowest BCUT2D eigenvalue weighted by Crippen LogP contribution is -2.35. The van der Waals surface area contributed by atoms with Crippen LogP contribution in [0.2, 0.25) is 0 Å². The summed E-state index contributed by atoms with van der Waals surface area (Å²) in [6.07, 6.45) is 6.07. The van der Waals surface area contributed by atoms with Crippen molar-refractivity contribution in [2.45, 2.75) is 64.7 Å². The van der Waals surface area contributed by atoms with Gasteiger partial charge < -0.3 is 9.40 Å². The third-order valence-electron chi connectivity index (χ3n) is 7.73. The van der Waals surface area contributed by atoms with Crippen molar-refractivity contribution >= 4 is 10.9 Å². The van der Waals surface area contributed by atoms with Crippen LogP contribution in [0.25, 0.3) is 10.9 Å².